The molecule has 1 unspecified atom stereocenters. The van der Waals surface area contributed by atoms with Crippen molar-refractivity contribution < 1.29 is 4.74 Å². The first-order chi connectivity index (χ1) is 8.33. The number of aromatic nitrogens is 2. The van der Waals surface area contributed by atoms with Crippen molar-refractivity contribution in [1.82, 2.24) is 9.97 Å². The maximum Gasteiger partial charge on any atom is 0.225 e. The van der Waals surface area contributed by atoms with Crippen LogP contribution < -0.4 is 10.6 Å². The van der Waals surface area contributed by atoms with E-state index in [9.17, 15) is 0 Å². The minimum Gasteiger partial charge on any atom is -0.378 e. The van der Waals surface area contributed by atoms with Gasteiger partial charge in [0.25, 0.3) is 0 Å². The fourth-order valence-electron chi connectivity index (χ4n) is 2.44. The normalized spacial score (nSPS) is 24.5. The molecule has 0 saturated carbocycles. The summed E-state index contributed by atoms with van der Waals surface area (Å²) in [5, 5.41) is 0. The summed E-state index contributed by atoms with van der Waals surface area (Å²) in [5.41, 5.74) is 8.35. The molecule has 5 nitrogen and oxygen atoms in total. The summed E-state index contributed by atoms with van der Waals surface area (Å²) in [4.78, 5) is 11.3. The van der Waals surface area contributed by atoms with Crippen LogP contribution in [0, 0.1) is 0 Å². The van der Waals surface area contributed by atoms with Gasteiger partial charge in [0.2, 0.25) is 5.95 Å². The second-order valence-corrected chi connectivity index (χ2v) is 4.74. The highest BCUT2D eigenvalue weighted by molar-refractivity contribution is 5.35. The second-order valence-electron chi connectivity index (χ2n) is 4.74. The highest BCUT2D eigenvalue weighted by atomic mass is 16.5. The number of nitrogens with zero attached hydrogens (tertiary/aromatic N) is 3. The van der Waals surface area contributed by atoms with Crippen LogP contribution in [-0.2, 0) is 17.6 Å². The van der Waals surface area contributed by atoms with E-state index in [1.165, 1.54) is 11.3 Å². The molecule has 92 valence electrons. The fourth-order valence-corrected chi connectivity index (χ4v) is 2.44. The van der Waals surface area contributed by atoms with Gasteiger partial charge in [-0.15, -0.1) is 0 Å². The molecule has 0 amide bonds. The molecule has 3 rings (SSSR count). The van der Waals surface area contributed by atoms with Gasteiger partial charge in [-0.05, 0) is 24.8 Å². The van der Waals surface area contributed by atoms with Crippen molar-refractivity contribution in [3.8, 4) is 0 Å². The van der Waals surface area contributed by atoms with E-state index in [2.05, 4.69) is 14.9 Å². The van der Waals surface area contributed by atoms with Crippen LogP contribution in [0.15, 0.2) is 6.20 Å². The molecule has 1 atom stereocenters. The third-order valence-corrected chi connectivity index (χ3v) is 3.47. The molecule has 2 aliphatic rings. The van der Waals surface area contributed by atoms with E-state index in [0.29, 0.717) is 0 Å². The topological polar surface area (TPSA) is 64.3 Å². The summed E-state index contributed by atoms with van der Waals surface area (Å²) in [6, 6.07) is 0.278. The van der Waals surface area contributed by atoms with Gasteiger partial charge < -0.3 is 15.4 Å². The summed E-state index contributed by atoms with van der Waals surface area (Å²) >= 11 is 0. The Labute approximate surface area is 101 Å². The number of rotatable bonds is 1. The first-order valence-corrected chi connectivity index (χ1v) is 6.26. The number of hydrogen-bond donors (Lipinski definition) is 1. The van der Waals surface area contributed by atoms with Crippen LogP contribution in [0.5, 0.6) is 0 Å². The zero-order chi connectivity index (χ0) is 11.7. The lowest BCUT2D eigenvalue weighted by Gasteiger charge is -2.28. The Morgan fingerprint density at radius 1 is 1.35 bits per heavy atom. The Balaban J connectivity index is 1.82. The molecule has 5 heteroatoms. The van der Waals surface area contributed by atoms with Gasteiger partial charge in [-0.3, -0.25) is 0 Å². The third-order valence-electron chi connectivity index (χ3n) is 3.47. The minimum absolute atomic E-state index is 0.278. The van der Waals surface area contributed by atoms with E-state index >= 15 is 0 Å². The van der Waals surface area contributed by atoms with Crippen LogP contribution >= 0.6 is 0 Å². The standard InChI is InChI=1S/C12H18N4O/c13-10-1-2-11-9(7-10)8-14-12(15-11)16-3-5-17-6-4-16/h8,10H,1-7,13H2. The van der Waals surface area contributed by atoms with Gasteiger partial charge in [-0.1, -0.05) is 0 Å². The number of anilines is 1. The van der Waals surface area contributed by atoms with Crippen LogP contribution in [0.1, 0.15) is 17.7 Å². The summed E-state index contributed by atoms with van der Waals surface area (Å²) in [7, 11) is 0. The molecule has 0 spiro atoms. The summed E-state index contributed by atoms with van der Waals surface area (Å²) in [6.07, 6.45) is 4.88. The Morgan fingerprint density at radius 2 is 2.18 bits per heavy atom. The number of hydrogen-bond acceptors (Lipinski definition) is 5. The largest absolute Gasteiger partial charge is 0.378 e. The van der Waals surface area contributed by atoms with E-state index < -0.39 is 0 Å². The minimum atomic E-state index is 0.278. The van der Waals surface area contributed by atoms with E-state index in [-0.39, 0.29) is 6.04 Å². The zero-order valence-electron chi connectivity index (χ0n) is 9.93. The zero-order valence-corrected chi connectivity index (χ0v) is 9.93. The Hall–Kier alpha value is -1.20. The van der Waals surface area contributed by atoms with E-state index in [0.717, 1.165) is 51.5 Å². The molecule has 0 radical (unpaired) electrons. The number of fused-ring (bicyclic) bond motifs is 1. The van der Waals surface area contributed by atoms with Crippen LogP contribution in [-0.4, -0.2) is 42.3 Å². The first-order valence-electron chi connectivity index (χ1n) is 6.26. The third kappa shape index (κ3) is 2.25. The van der Waals surface area contributed by atoms with Crippen molar-refractivity contribution in [3.63, 3.8) is 0 Å². The monoisotopic (exact) mass is 234 g/mol. The predicted octanol–water partition coefficient (Wildman–Crippen LogP) is 0.129. The van der Waals surface area contributed by atoms with E-state index in [1.807, 2.05) is 6.20 Å². The summed E-state index contributed by atoms with van der Waals surface area (Å²) < 4.78 is 5.33. The average molecular weight is 234 g/mol. The lowest BCUT2D eigenvalue weighted by Crippen LogP contribution is -2.38. The number of aryl methyl sites for hydroxylation is 1. The van der Waals surface area contributed by atoms with Gasteiger partial charge in [-0.25, -0.2) is 9.97 Å². The second kappa shape index (κ2) is 4.58. The van der Waals surface area contributed by atoms with Crippen molar-refractivity contribution in [3.05, 3.63) is 17.5 Å². The molecule has 1 fully saturated rings. The number of ether oxygens (including phenoxy) is 1. The van der Waals surface area contributed by atoms with Gasteiger partial charge >= 0.3 is 0 Å². The van der Waals surface area contributed by atoms with Gasteiger partial charge in [0.05, 0.1) is 13.2 Å². The average Bonchev–Trinajstić information content (AvgIpc) is 2.39. The van der Waals surface area contributed by atoms with Crippen molar-refractivity contribution in [1.29, 1.82) is 0 Å². The molecule has 0 aromatic carbocycles. The van der Waals surface area contributed by atoms with Crippen LogP contribution in [0.25, 0.3) is 0 Å². The van der Waals surface area contributed by atoms with Crippen molar-refractivity contribution in [2.75, 3.05) is 31.2 Å². The lowest BCUT2D eigenvalue weighted by atomic mass is 9.94. The Morgan fingerprint density at radius 3 is 3.00 bits per heavy atom. The predicted molar refractivity (Wildman–Crippen MR) is 65.1 cm³/mol. The van der Waals surface area contributed by atoms with Crippen molar-refractivity contribution in [2.45, 2.75) is 25.3 Å². The molecule has 1 aliphatic carbocycles. The SMILES string of the molecule is NC1CCc2nc(N3CCOCC3)ncc2C1. The van der Waals surface area contributed by atoms with E-state index in [4.69, 9.17) is 10.5 Å². The summed E-state index contributed by atoms with van der Waals surface area (Å²) in [5.74, 6) is 0.850. The summed E-state index contributed by atoms with van der Waals surface area (Å²) in [6.45, 7) is 3.31. The highest BCUT2D eigenvalue weighted by Gasteiger charge is 2.20. The van der Waals surface area contributed by atoms with Crippen LogP contribution in [0.2, 0.25) is 0 Å². The molecule has 1 saturated heterocycles. The molecule has 1 aliphatic heterocycles. The lowest BCUT2D eigenvalue weighted by molar-refractivity contribution is 0.122. The molecular weight excluding hydrogens is 216 g/mol. The quantitative estimate of drug-likeness (QED) is 0.748. The maximum atomic E-state index is 5.95. The Kier molecular flexibility index (Phi) is 2.94. The highest BCUT2D eigenvalue weighted by Crippen LogP contribution is 2.20. The molecule has 1 aromatic heterocycles. The molecule has 0 bridgehead atoms. The van der Waals surface area contributed by atoms with Crippen molar-refractivity contribution in [2.24, 2.45) is 5.73 Å². The van der Waals surface area contributed by atoms with Crippen LogP contribution in [0.3, 0.4) is 0 Å². The van der Waals surface area contributed by atoms with E-state index in [1.54, 1.807) is 0 Å². The maximum absolute atomic E-state index is 5.95. The molecule has 1 aromatic rings. The van der Waals surface area contributed by atoms with Gasteiger partial charge in [0, 0.05) is 31.0 Å². The van der Waals surface area contributed by atoms with Gasteiger partial charge in [0.1, 0.15) is 0 Å². The van der Waals surface area contributed by atoms with Gasteiger partial charge in [0.15, 0.2) is 0 Å². The Bertz CT molecular complexity index is 403. The molecule has 2 heterocycles. The number of morpholine rings is 1. The molecule has 17 heavy (non-hydrogen) atoms. The molecule has 2 N–H and O–H groups in total. The molecular formula is C12H18N4O. The van der Waals surface area contributed by atoms with Crippen LogP contribution in [0.4, 0.5) is 5.95 Å². The number of nitrogens with two attached hydrogens (primary N) is 1. The first kappa shape index (κ1) is 10.9. The fraction of sp³-hybridized carbons (Fsp3) is 0.667. The van der Waals surface area contributed by atoms with Crippen molar-refractivity contribution >= 4 is 5.95 Å². The smallest absolute Gasteiger partial charge is 0.225 e. The van der Waals surface area contributed by atoms with Gasteiger partial charge in [-0.2, -0.15) is 0 Å².